The molecule has 1 aromatic carbocycles. The third-order valence-corrected chi connectivity index (χ3v) is 4.18. The van der Waals surface area contributed by atoms with E-state index in [0.29, 0.717) is 11.6 Å². The number of hydrogen-bond acceptors (Lipinski definition) is 5. The molecule has 0 bridgehead atoms. The van der Waals surface area contributed by atoms with Gasteiger partial charge in [0.25, 0.3) is 5.91 Å². The normalized spacial score (nSPS) is 11.0. The monoisotopic (exact) mass is 376 g/mol. The van der Waals surface area contributed by atoms with Gasteiger partial charge in [0.2, 0.25) is 0 Å². The van der Waals surface area contributed by atoms with Gasteiger partial charge < -0.3 is 15.5 Å². The highest BCUT2D eigenvalue weighted by molar-refractivity contribution is 6.31. The van der Waals surface area contributed by atoms with Crippen molar-refractivity contribution in [3.05, 3.63) is 35.5 Å². The van der Waals surface area contributed by atoms with Crippen molar-refractivity contribution in [3.8, 4) is 0 Å². The molecule has 0 unspecified atom stereocenters. The number of rotatable bonds is 11. The Balaban J connectivity index is 1.57. The number of carbonyl (C=O) groups excluding carboxylic acids is 1. The summed E-state index contributed by atoms with van der Waals surface area (Å²) in [6.07, 6.45) is 8.41. The Labute approximate surface area is 159 Å². The van der Waals surface area contributed by atoms with Crippen LogP contribution in [0.25, 0.3) is 10.9 Å². The highest BCUT2D eigenvalue weighted by Gasteiger charge is 2.02. The molecule has 0 fully saturated rings. The molecule has 2 N–H and O–H groups in total. The number of hydrogen-bond donors (Lipinski definition) is 2. The van der Waals surface area contributed by atoms with Crippen LogP contribution < -0.4 is 10.6 Å². The molecule has 0 spiro atoms. The fraction of sp³-hybridized carbons (Fsp3) is 0.421. The molecule has 0 aliphatic heterocycles. The first kappa shape index (κ1) is 20.0. The number of aromatic nitrogens is 1. The first-order valence-electron chi connectivity index (χ1n) is 8.83. The van der Waals surface area contributed by atoms with Crippen LogP contribution in [0.5, 0.6) is 0 Å². The van der Waals surface area contributed by atoms with Gasteiger partial charge in [-0.1, -0.05) is 36.0 Å². The van der Waals surface area contributed by atoms with Gasteiger partial charge in [0.1, 0.15) is 13.3 Å². The van der Waals surface area contributed by atoms with E-state index in [-0.39, 0.29) is 5.91 Å². The smallest absolute Gasteiger partial charge is 0.265 e. The minimum Gasteiger partial charge on any atom is -0.399 e. The molecule has 140 valence electrons. The molecular formula is C19H25ClN4O2. The summed E-state index contributed by atoms with van der Waals surface area (Å²) in [4.78, 5) is 20.1. The minimum atomic E-state index is -0.220. The van der Waals surface area contributed by atoms with Crippen molar-refractivity contribution in [2.45, 2.75) is 32.1 Å². The predicted molar refractivity (Wildman–Crippen MR) is 107 cm³/mol. The maximum atomic E-state index is 11.3. The zero-order valence-electron chi connectivity index (χ0n) is 15.0. The number of nitrogens with zero attached hydrogens (tertiary/aromatic N) is 2. The lowest BCUT2D eigenvalue weighted by molar-refractivity contribution is -0.114. The molecule has 0 atom stereocenters. The quantitative estimate of drug-likeness (QED) is 0.353. The summed E-state index contributed by atoms with van der Waals surface area (Å²) >= 11 is 6.01. The molecule has 6 nitrogen and oxygen atoms in total. The standard InChI is InChI=1S/C19H25ClN4O2/c1-26-24-14-19(25)23-11-6-4-2-3-5-10-21-17-9-12-22-18-13-15(20)7-8-16(17)18/h7-9,12-14H,2-6,10-11H2,1H3,(H,21,22)(H,23,25)/b24-14+. The Morgan fingerprint density at radius 3 is 2.77 bits per heavy atom. The van der Waals surface area contributed by atoms with Gasteiger partial charge in [-0.15, -0.1) is 0 Å². The molecule has 1 aromatic heterocycles. The van der Waals surface area contributed by atoms with Crippen LogP contribution in [0.4, 0.5) is 5.69 Å². The average molecular weight is 377 g/mol. The summed E-state index contributed by atoms with van der Waals surface area (Å²) in [7, 11) is 1.41. The number of pyridine rings is 1. The second-order valence-electron chi connectivity index (χ2n) is 5.92. The molecule has 0 aliphatic rings. The number of benzene rings is 1. The van der Waals surface area contributed by atoms with Gasteiger partial charge in [-0.2, -0.15) is 0 Å². The van der Waals surface area contributed by atoms with Crippen molar-refractivity contribution in [1.82, 2.24) is 10.3 Å². The van der Waals surface area contributed by atoms with E-state index in [4.69, 9.17) is 11.6 Å². The van der Waals surface area contributed by atoms with Crippen LogP contribution in [0.1, 0.15) is 32.1 Å². The molecule has 7 heteroatoms. The van der Waals surface area contributed by atoms with Gasteiger partial charge in [0.15, 0.2) is 0 Å². The first-order chi connectivity index (χ1) is 12.7. The van der Waals surface area contributed by atoms with E-state index >= 15 is 0 Å². The molecule has 0 aliphatic carbocycles. The maximum Gasteiger partial charge on any atom is 0.265 e. The first-order valence-corrected chi connectivity index (χ1v) is 9.21. The molecule has 0 radical (unpaired) electrons. The van der Waals surface area contributed by atoms with Crippen molar-refractivity contribution in [2.24, 2.45) is 5.16 Å². The summed E-state index contributed by atoms with van der Waals surface area (Å²) in [6, 6.07) is 7.75. The van der Waals surface area contributed by atoms with Crippen LogP contribution in [-0.2, 0) is 9.63 Å². The Morgan fingerprint density at radius 1 is 1.19 bits per heavy atom. The molecular weight excluding hydrogens is 352 g/mol. The van der Waals surface area contributed by atoms with E-state index in [9.17, 15) is 4.79 Å². The number of nitrogens with one attached hydrogen (secondary N) is 2. The number of fused-ring (bicyclic) bond motifs is 1. The Hall–Kier alpha value is -2.34. The molecule has 1 amide bonds. The van der Waals surface area contributed by atoms with Gasteiger partial charge in [-0.05, 0) is 37.1 Å². The van der Waals surface area contributed by atoms with Gasteiger partial charge in [-0.3, -0.25) is 9.78 Å². The number of anilines is 1. The van der Waals surface area contributed by atoms with Gasteiger partial charge in [-0.25, -0.2) is 0 Å². The molecule has 0 saturated heterocycles. The summed E-state index contributed by atoms with van der Waals surface area (Å²) in [5.41, 5.74) is 1.99. The van der Waals surface area contributed by atoms with Crippen LogP contribution >= 0.6 is 11.6 Å². The SMILES string of the molecule is CO/N=C/C(=O)NCCCCCCCNc1ccnc2cc(Cl)ccc12. The number of oxime groups is 1. The summed E-state index contributed by atoms with van der Waals surface area (Å²) in [6.45, 7) is 1.59. The van der Waals surface area contributed by atoms with Crippen LogP contribution in [0.3, 0.4) is 0 Å². The zero-order chi connectivity index (χ0) is 18.6. The van der Waals surface area contributed by atoms with E-state index in [2.05, 4.69) is 25.6 Å². The van der Waals surface area contributed by atoms with Gasteiger partial charge >= 0.3 is 0 Å². The molecule has 2 rings (SSSR count). The number of halogens is 1. The number of amides is 1. The van der Waals surface area contributed by atoms with Crippen LogP contribution in [0, 0.1) is 0 Å². The van der Waals surface area contributed by atoms with E-state index < -0.39 is 0 Å². The van der Waals surface area contributed by atoms with E-state index in [1.54, 1.807) is 6.20 Å². The second-order valence-corrected chi connectivity index (χ2v) is 6.36. The number of unbranched alkanes of at least 4 members (excludes halogenated alkanes) is 4. The summed E-state index contributed by atoms with van der Waals surface area (Å²) in [5, 5.41) is 11.4. The van der Waals surface area contributed by atoms with Gasteiger partial charge in [0.05, 0.1) is 5.52 Å². The Bertz CT molecular complexity index is 737. The van der Waals surface area contributed by atoms with Crippen molar-refractivity contribution in [1.29, 1.82) is 0 Å². The lowest BCUT2D eigenvalue weighted by atomic mass is 10.1. The maximum absolute atomic E-state index is 11.3. The lowest BCUT2D eigenvalue weighted by Gasteiger charge is -2.09. The highest BCUT2D eigenvalue weighted by atomic mass is 35.5. The van der Waals surface area contributed by atoms with E-state index in [1.165, 1.54) is 7.11 Å². The van der Waals surface area contributed by atoms with Crippen molar-refractivity contribution in [2.75, 3.05) is 25.5 Å². The van der Waals surface area contributed by atoms with Crippen molar-refractivity contribution >= 4 is 40.3 Å². The third-order valence-electron chi connectivity index (χ3n) is 3.95. The largest absolute Gasteiger partial charge is 0.399 e. The highest BCUT2D eigenvalue weighted by Crippen LogP contribution is 2.24. The van der Waals surface area contributed by atoms with Crippen LogP contribution in [0.2, 0.25) is 5.02 Å². The molecule has 26 heavy (non-hydrogen) atoms. The van der Waals surface area contributed by atoms with Crippen LogP contribution in [-0.4, -0.2) is 37.3 Å². The second kappa shape index (κ2) is 11.3. The van der Waals surface area contributed by atoms with Crippen molar-refractivity contribution < 1.29 is 9.63 Å². The Kier molecular flexibility index (Phi) is 8.69. The van der Waals surface area contributed by atoms with E-state index in [0.717, 1.165) is 61.5 Å². The topological polar surface area (TPSA) is 75.6 Å². The Morgan fingerprint density at radius 2 is 1.96 bits per heavy atom. The molecule has 0 saturated carbocycles. The average Bonchev–Trinajstić information content (AvgIpc) is 2.64. The molecule has 2 aromatic rings. The minimum absolute atomic E-state index is 0.220. The van der Waals surface area contributed by atoms with Crippen molar-refractivity contribution in [3.63, 3.8) is 0 Å². The van der Waals surface area contributed by atoms with Gasteiger partial charge in [0, 0.05) is 35.4 Å². The molecule has 1 heterocycles. The number of carbonyl (C=O) groups is 1. The van der Waals surface area contributed by atoms with Crippen LogP contribution in [0.15, 0.2) is 35.6 Å². The summed E-state index contributed by atoms with van der Waals surface area (Å²) in [5.74, 6) is -0.220. The fourth-order valence-corrected chi connectivity index (χ4v) is 2.80. The third kappa shape index (κ3) is 6.88. The van der Waals surface area contributed by atoms with E-state index in [1.807, 2.05) is 24.3 Å². The zero-order valence-corrected chi connectivity index (χ0v) is 15.8. The predicted octanol–water partition coefficient (Wildman–Crippen LogP) is 4.00. The fourth-order valence-electron chi connectivity index (χ4n) is 2.64. The summed E-state index contributed by atoms with van der Waals surface area (Å²) < 4.78 is 0. The lowest BCUT2D eigenvalue weighted by Crippen LogP contribution is -2.25.